The Kier molecular flexibility index (Phi) is 5.01. The second-order valence-corrected chi connectivity index (χ2v) is 9.22. The quantitative estimate of drug-likeness (QED) is 0.517. The normalized spacial score (nSPS) is 21.9. The van der Waals surface area contributed by atoms with Crippen molar-refractivity contribution < 1.29 is 18.3 Å². The van der Waals surface area contributed by atoms with Crippen molar-refractivity contribution >= 4 is 34.4 Å². The topological polar surface area (TPSA) is 96.4 Å². The van der Waals surface area contributed by atoms with Gasteiger partial charge in [0.25, 0.3) is 0 Å². The van der Waals surface area contributed by atoms with Crippen LogP contribution in [0.25, 0.3) is 11.0 Å². The molecule has 9 nitrogen and oxygen atoms in total. The van der Waals surface area contributed by atoms with E-state index >= 15 is 0 Å². The fraction of sp³-hybridized carbons (Fsp3) is 0.375. The SMILES string of the molecule is C=CC(=O)N1C[C@@H]2C[C@H]1CN2c1ccc2ncnc(Nc3ncc(OCC4(F)CC4)cc3F)c2n1. The van der Waals surface area contributed by atoms with E-state index in [-0.39, 0.29) is 36.2 Å². The minimum absolute atomic E-state index is 0.0498. The molecule has 3 aromatic rings. The first-order valence-corrected chi connectivity index (χ1v) is 11.5. The molecule has 11 heteroatoms. The summed E-state index contributed by atoms with van der Waals surface area (Å²) in [5.74, 6) is 0.461. The Balaban J connectivity index is 1.23. The number of hydrogen-bond acceptors (Lipinski definition) is 8. The summed E-state index contributed by atoms with van der Waals surface area (Å²) in [5.41, 5.74) is -0.233. The van der Waals surface area contributed by atoms with Gasteiger partial charge in [-0.2, -0.15) is 0 Å². The maximum Gasteiger partial charge on any atom is 0.246 e. The number of carbonyl (C=O) groups is 1. The smallest absolute Gasteiger partial charge is 0.246 e. The van der Waals surface area contributed by atoms with Crippen molar-refractivity contribution in [2.45, 2.75) is 37.0 Å². The van der Waals surface area contributed by atoms with Crippen LogP contribution in [0.1, 0.15) is 19.3 Å². The molecule has 3 aliphatic rings. The molecule has 1 N–H and O–H groups in total. The highest BCUT2D eigenvalue weighted by atomic mass is 19.1. The molecule has 0 aromatic carbocycles. The first-order chi connectivity index (χ1) is 16.9. The summed E-state index contributed by atoms with van der Waals surface area (Å²) >= 11 is 0. The first-order valence-electron chi connectivity index (χ1n) is 11.5. The molecule has 6 rings (SSSR count). The molecular weight excluding hydrogens is 456 g/mol. The van der Waals surface area contributed by atoms with Gasteiger partial charge in [0.15, 0.2) is 17.5 Å². The minimum atomic E-state index is -1.30. The van der Waals surface area contributed by atoms with E-state index in [1.54, 1.807) is 0 Å². The summed E-state index contributed by atoms with van der Waals surface area (Å²) < 4.78 is 33.8. The molecule has 180 valence electrons. The summed E-state index contributed by atoms with van der Waals surface area (Å²) in [6.07, 6.45) is 5.86. The van der Waals surface area contributed by atoms with E-state index < -0.39 is 11.5 Å². The zero-order chi connectivity index (χ0) is 24.2. The largest absolute Gasteiger partial charge is 0.489 e. The molecule has 0 unspecified atom stereocenters. The molecule has 2 atom stereocenters. The lowest BCUT2D eigenvalue weighted by Gasteiger charge is -2.34. The van der Waals surface area contributed by atoms with Gasteiger partial charge in [-0.3, -0.25) is 4.79 Å². The number of halogens is 2. The number of rotatable bonds is 7. The van der Waals surface area contributed by atoms with Gasteiger partial charge in [0.1, 0.15) is 35.7 Å². The molecule has 1 aliphatic carbocycles. The monoisotopic (exact) mass is 479 g/mol. The standard InChI is InChI=1S/C24H23F2N7O2/c1-2-20(34)33-11-14-7-15(33)10-32(14)19-4-3-18-21(30-19)23(29-13-28-18)31-22-17(25)8-16(9-27-22)35-12-24(26)5-6-24/h2-4,8-9,13-15H,1,5-7,10-12H2,(H,27,28,29,31)/t14-,15-/m0/s1. The van der Waals surface area contributed by atoms with Crippen LogP contribution in [-0.4, -0.2) is 68.2 Å². The van der Waals surface area contributed by atoms with Crippen LogP contribution in [-0.2, 0) is 4.79 Å². The van der Waals surface area contributed by atoms with E-state index in [4.69, 9.17) is 9.72 Å². The number of amides is 1. The number of alkyl halides is 1. The Morgan fingerprint density at radius 1 is 1.23 bits per heavy atom. The predicted octanol–water partition coefficient (Wildman–Crippen LogP) is 3.16. The molecular formula is C24H23F2N7O2. The third-order valence-corrected chi connectivity index (χ3v) is 6.80. The fourth-order valence-corrected chi connectivity index (χ4v) is 4.71. The summed E-state index contributed by atoms with van der Waals surface area (Å²) in [4.78, 5) is 33.5. The van der Waals surface area contributed by atoms with Gasteiger partial charge in [-0.1, -0.05) is 6.58 Å². The van der Waals surface area contributed by atoms with E-state index in [2.05, 4.69) is 31.7 Å². The van der Waals surface area contributed by atoms with E-state index in [9.17, 15) is 13.6 Å². The molecule has 1 saturated carbocycles. The second-order valence-electron chi connectivity index (χ2n) is 9.22. The molecule has 3 fully saturated rings. The zero-order valence-corrected chi connectivity index (χ0v) is 18.8. The van der Waals surface area contributed by atoms with Crippen LogP contribution in [0.3, 0.4) is 0 Å². The first kappa shape index (κ1) is 21.6. The van der Waals surface area contributed by atoms with Crippen molar-refractivity contribution in [3.8, 4) is 5.75 Å². The van der Waals surface area contributed by atoms with Crippen LogP contribution < -0.4 is 15.0 Å². The van der Waals surface area contributed by atoms with E-state index in [0.717, 1.165) is 12.2 Å². The number of likely N-dealkylation sites (tertiary alicyclic amines) is 1. The van der Waals surface area contributed by atoms with E-state index in [1.807, 2.05) is 17.0 Å². The molecule has 0 spiro atoms. The molecule has 5 heterocycles. The average Bonchev–Trinajstić information content (AvgIpc) is 3.27. The van der Waals surface area contributed by atoms with Crippen molar-refractivity contribution in [1.29, 1.82) is 0 Å². The molecule has 0 radical (unpaired) electrons. The summed E-state index contributed by atoms with van der Waals surface area (Å²) in [7, 11) is 0. The molecule has 2 aliphatic heterocycles. The molecule has 2 bridgehead atoms. The predicted molar refractivity (Wildman–Crippen MR) is 125 cm³/mol. The van der Waals surface area contributed by atoms with Crippen molar-refractivity contribution in [3.63, 3.8) is 0 Å². The Morgan fingerprint density at radius 2 is 2.09 bits per heavy atom. The van der Waals surface area contributed by atoms with Crippen molar-refractivity contribution in [3.05, 3.63) is 49.2 Å². The zero-order valence-electron chi connectivity index (χ0n) is 18.8. The summed E-state index contributed by atoms with van der Waals surface area (Å²) in [5, 5.41) is 2.90. The van der Waals surface area contributed by atoms with Crippen molar-refractivity contribution in [2.24, 2.45) is 0 Å². The second kappa shape index (κ2) is 8.10. The van der Waals surface area contributed by atoms with Gasteiger partial charge in [0.2, 0.25) is 5.91 Å². The van der Waals surface area contributed by atoms with Crippen LogP contribution in [0.2, 0.25) is 0 Å². The Labute approximate surface area is 199 Å². The van der Waals surface area contributed by atoms with Crippen LogP contribution in [0.15, 0.2) is 43.4 Å². The lowest BCUT2D eigenvalue weighted by molar-refractivity contribution is -0.127. The third kappa shape index (κ3) is 4.00. The van der Waals surface area contributed by atoms with Crippen LogP contribution in [0, 0.1) is 5.82 Å². The molecule has 35 heavy (non-hydrogen) atoms. The Morgan fingerprint density at radius 3 is 2.80 bits per heavy atom. The highest BCUT2D eigenvalue weighted by Crippen LogP contribution is 2.40. The van der Waals surface area contributed by atoms with Gasteiger partial charge < -0.3 is 19.9 Å². The maximum absolute atomic E-state index is 14.7. The Bertz CT molecular complexity index is 1330. The van der Waals surface area contributed by atoms with Crippen molar-refractivity contribution in [2.75, 3.05) is 29.9 Å². The highest BCUT2D eigenvalue weighted by molar-refractivity contribution is 5.89. The number of ether oxygens (including phenoxy) is 1. The van der Waals surface area contributed by atoms with Gasteiger partial charge in [0.05, 0.1) is 23.8 Å². The number of nitrogens with one attached hydrogen (secondary N) is 1. The highest BCUT2D eigenvalue weighted by Gasteiger charge is 2.45. The van der Waals surface area contributed by atoms with Gasteiger partial charge >= 0.3 is 0 Å². The number of pyridine rings is 2. The van der Waals surface area contributed by atoms with Gasteiger partial charge in [-0.15, -0.1) is 0 Å². The number of piperazine rings is 1. The van der Waals surface area contributed by atoms with Gasteiger partial charge in [-0.25, -0.2) is 28.7 Å². The van der Waals surface area contributed by atoms with Gasteiger partial charge in [0, 0.05) is 19.2 Å². The number of carbonyl (C=O) groups excluding carboxylic acids is 1. The number of anilines is 3. The van der Waals surface area contributed by atoms with Crippen LogP contribution in [0.5, 0.6) is 5.75 Å². The van der Waals surface area contributed by atoms with Crippen molar-refractivity contribution in [1.82, 2.24) is 24.8 Å². The lowest BCUT2D eigenvalue weighted by atomic mass is 10.2. The lowest BCUT2D eigenvalue weighted by Crippen LogP contribution is -2.48. The maximum atomic E-state index is 14.7. The Hall–Kier alpha value is -3.89. The average molecular weight is 479 g/mol. The molecule has 2 saturated heterocycles. The minimum Gasteiger partial charge on any atom is -0.489 e. The summed E-state index contributed by atoms with van der Waals surface area (Å²) in [6, 6.07) is 5.19. The van der Waals surface area contributed by atoms with Crippen LogP contribution >= 0.6 is 0 Å². The summed E-state index contributed by atoms with van der Waals surface area (Å²) in [6.45, 7) is 4.78. The number of hydrogen-bond donors (Lipinski definition) is 1. The molecule has 3 aromatic heterocycles. The number of aromatic nitrogens is 4. The van der Waals surface area contributed by atoms with E-state index in [1.165, 1.54) is 24.7 Å². The number of nitrogens with zero attached hydrogens (tertiary/aromatic N) is 6. The fourth-order valence-electron chi connectivity index (χ4n) is 4.71. The van der Waals surface area contributed by atoms with Gasteiger partial charge in [-0.05, 0) is 37.5 Å². The molecule has 1 amide bonds. The number of fused-ring (bicyclic) bond motifs is 3. The third-order valence-electron chi connectivity index (χ3n) is 6.80. The van der Waals surface area contributed by atoms with Crippen LogP contribution in [0.4, 0.5) is 26.2 Å². The van der Waals surface area contributed by atoms with E-state index in [0.29, 0.717) is 42.8 Å².